The predicted molar refractivity (Wildman–Crippen MR) is 94.1 cm³/mol. The average molecular weight is 499 g/mol. The number of nitrogens with zero attached hydrogens (tertiary/aromatic N) is 1. The van der Waals surface area contributed by atoms with Crippen molar-refractivity contribution in [3.63, 3.8) is 0 Å². The third-order valence-electron chi connectivity index (χ3n) is 4.16. The molecule has 0 aromatic heterocycles. The van der Waals surface area contributed by atoms with Gasteiger partial charge in [0, 0.05) is 4.47 Å². The molecular formula is C18H13BrF6N2O3. The molecule has 1 aromatic rings. The first kappa shape index (κ1) is 23.6. The van der Waals surface area contributed by atoms with Crippen molar-refractivity contribution in [3.05, 3.63) is 56.1 Å². The van der Waals surface area contributed by atoms with E-state index in [0.717, 1.165) is 0 Å². The Morgan fingerprint density at radius 3 is 2.27 bits per heavy atom. The summed E-state index contributed by atoms with van der Waals surface area (Å²) in [7, 11) is 0. The topological polar surface area (TPSA) is 85.3 Å². The molecule has 0 bridgehead atoms. The van der Waals surface area contributed by atoms with Gasteiger partial charge in [0.2, 0.25) is 5.88 Å². The van der Waals surface area contributed by atoms with Crippen LogP contribution >= 0.6 is 15.9 Å². The van der Waals surface area contributed by atoms with Crippen LogP contribution in [0.5, 0.6) is 0 Å². The van der Waals surface area contributed by atoms with Crippen molar-refractivity contribution in [1.29, 1.82) is 5.26 Å². The molecule has 2 N–H and O–H groups in total. The Hall–Kier alpha value is -2.68. The van der Waals surface area contributed by atoms with Crippen molar-refractivity contribution in [3.8, 4) is 6.07 Å². The molecule has 0 aliphatic carbocycles. The summed E-state index contributed by atoms with van der Waals surface area (Å²) in [5, 5.41) is 9.43. The molecule has 0 saturated carbocycles. The van der Waals surface area contributed by atoms with Gasteiger partial charge < -0.3 is 15.2 Å². The minimum absolute atomic E-state index is 0.177. The van der Waals surface area contributed by atoms with Crippen molar-refractivity contribution >= 4 is 21.9 Å². The first-order valence-corrected chi connectivity index (χ1v) is 8.96. The molecule has 30 heavy (non-hydrogen) atoms. The van der Waals surface area contributed by atoms with Crippen LogP contribution in [0.15, 0.2) is 39.4 Å². The molecule has 0 amide bonds. The molecule has 2 rings (SSSR count). The molecule has 12 heteroatoms. The second-order valence-electron chi connectivity index (χ2n) is 6.03. The maximum atomic E-state index is 13.7. The lowest BCUT2D eigenvalue weighted by molar-refractivity contribution is -0.142. The molecule has 1 heterocycles. The van der Waals surface area contributed by atoms with Gasteiger partial charge in [-0.15, -0.1) is 0 Å². The number of alkyl halides is 6. The van der Waals surface area contributed by atoms with Gasteiger partial charge in [-0.05, 0) is 31.5 Å². The lowest BCUT2D eigenvalue weighted by Gasteiger charge is -2.29. The fourth-order valence-electron chi connectivity index (χ4n) is 2.96. The zero-order valence-corrected chi connectivity index (χ0v) is 16.9. The smallest absolute Gasteiger partial charge is 0.417 e. The molecule has 0 fully saturated rings. The van der Waals surface area contributed by atoms with Crippen LogP contribution in [-0.2, 0) is 26.6 Å². The molecule has 0 spiro atoms. The van der Waals surface area contributed by atoms with Gasteiger partial charge in [0.25, 0.3) is 0 Å². The third-order valence-corrected chi connectivity index (χ3v) is 4.82. The molecule has 0 saturated heterocycles. The summed E-state index contributed by atoms with van der Waals surface area (Å²) >= 11 is 2.51. The average Bonchev–Trinajstić information content (AvgIpc) is 2.59. The second kappa shape index (κ2) is 8.22. The summed E-state index contributed by atoms with van der Waals surface area (Å²) < 4.78 is 90.4. The normalized spacial score (nSPS) is 17.5. The van der Waals surface area contributed by atoms with Gasteiger partial charge in [0.15, 0.2) is 0 Å². The van der Waals surface area contributed by atoms with E-state index in [-0.39, 0.29) is 24.5 Å². The molecule has 1 aromatic carbocycles. The number of nitriles is 1. The fourth-order valence-corrected chi connectivity index (χ4v) is 3.53. The summed E-state index contributed by atoms with van der Waals surface area (Å²) in [6.07, 6.45) is -10.1. The number of rotatable bonds is 3. The van der Waals surface area contributed by atoms with E-state index in [2.05, 4.69) is 15.9 Å². The van der Waals surface area contributed by atoms with Crippen LogP contribution in [0.4, 0.5) is 26.3 Å². The van der Waals surface area contributed by atoms with Gasteiger partial charge in [-0.3, -0.25) is 0 Å². The van der Waals surface area contributed by atoms with Crippen LogP contribution in [0.25, 0.3) is 0 Å². The zero-order valence-electron chi connectivity index (χ0n) is 15.3. The summed E-state index contributed by atoms with van der Waals surface area (Å²) in [6, 6.07) is 2.01. The number of esters is 1. The highest BCUT2D eigenvalue weighted by atomic mass is 79.9. The summed E-state index contributed by atoms with van der Waals surface area (Å²) in [6.45, 7) is 2.42. The number of allylic oxidation sites excluding steroid dienone is 2. The van der Waals surface area contributed by atoms with Crippen LogP contribution in [0.1, 0.15) is 36.5 Å². The maximum Gasteiger partial charge on any atom is 0.417 e. The van der Waals surface area contributed by atoms with Crippen molar-refractivity contribution in [2.24, 2.45) is 5.73 Å². The highest BCUT2D eigenvalue weighted by molar-refractivity contribution is 9.10. The minimum Gasteiger partial charge on any atom is -0.463 e. The Balaban J connectivity index is 2.96. The molecule has 1 aliphatic rings. The van der Waals surface area contributed by atoms with E-state index in [4.69, 9.17) is 15.2 Å². The SMILES string of the molecule is CCOC(=O)C1=C(C)OC(N)=C(C#N)C1c1cc(C(F)(F)F)c(Br)cc1C(F)(F)F. The number of ether oxygens (including phenoxy) is 2. The predicted octanol–water partition coefficient (Wildman–Crippen LogP) is 5.13. The highest BCUT2D eigenvalue weighted by Crippen LogP contribution is 2.48. The number of carbonyl (C=O) groups is 1. The first-order valence-electron chi connectivity index (χ1n) is 8.17. The standard InChI is InChI=1S/C18H13BrF6N2O3/c1-3-29-16(28)13-7(2)30-15(27)9(6-26)14(13)8-4-11(18(23,24)25)12(19)5-10(8)17(20,21)22/h4-5,14H,3,27H2,1-2H3. The molecule has 1 unspecified atom stereocenters. The lowest BCUT2D eigenvalue weighted by Crippen LogP contribution is -2.27. The van der Waals surface area contributed by atoms with Crippen molar-refractivity contribution in [2.45, 2.75) is 32.1 Å². The van der Waals surface area contributed by atoms with Gasteiger partial charge in [-0.2, -0.15) is 31.6 Å². The summed E-state index contributed by atoms with van der Waals surface area (Å²) in [5.74, 6) is -3.95. The van der Waals surface area contributed by atoms with E-state index in [1.807, 2.05) is 0 Å². The van der Waals surface area contributed by atoms with Crippen LogP contribution in [-0.4, -0.2) is 12.6 Å². The number of halogens is 7. The highest BCUT2D eigenvalue weighted by Gasteiger charge is 2.45. The van der Waals surface area contributed by atoms with Gasteiger partial charge in [-0.25, -0.2) is 4.79 Å². The van der Waals surface area contributed by atoms with Gasteiger partial charge >= 0.3 is 18.3 Å². The summed E-state index contributed by atoms with van der Waals surface area (Å²) in [4.78, 5) is 12.4. The number of carbonyl (C=O) groups excluding carboxylic acids is 1. The Labute approximate surface area is 174 Å². The minimum atomic E-state index is -5.11. The number of nitrogens with two attached hydrogens (primary N) is 1. The van der Waals surface area contributed by atoms with E-state index in [1.165, 1.54) is 19.9 Å². The maximum absolute atomic E-state index is 13.7. The number of hydrogen-bond donors (Lipinski definition) is 1. The summed E-state index contributed by atoms with van der Waals surface area (Å²) in [5.41, 5.74) is 0.504. The first-order chi connectivity index (χ1) is 13.7. The molecule has 1 aliphatic heterocycles. The van der Waals surface area contributed by atoms with Gasteiger partial charge in [-0.1, -0.05) is 15.9 Å². The van der Waals surface area contributed by atoms with E-state index < -0.39 is 62.4 Å². The Kier molecular flexibility index (Phi) is 6.46. The monoisotopic (exact) mass is 498 g/mol. The van der Waals surface area contributed by atoms with E-state index in [1.54, 1.807) is 0 Å². The molecule has 1 atom stereocenters. The fraction of sp³-hybridized carbons (Fsp3) is 0.333. The van der Waals surface area contributed by atoms with E-state index >= 15 is 0 Å². The van der Waals surface area contributed by atoms with Crippen molar-refractivity contribution in [2.75, 3.05) is 6.61 Å². The van der Waals surface area contributed by atoms with E-state index in [9.17, 15) is 36.4 Å². The molecule has 5 nitrogen and oxygen atoms in total. The molecule has 0 radical (unpaired) electrons. The van der Waals surface area contributed by atoms with Crippen LogP contribution < -0.4 is 5.73 Å². The van der Waals surface area contributed by atoms with Crippen LogP contribution in [0.2, 0.25) is 0 Å². The van der Waals surface area contributed by atoms with Crippen LogP contribution in [0, 0.1) is 11.3 Å². The van der Waals surface area contributed by atoms with Gasteiger partial charge in [0.1, 0.15) is 17.4 Å². The van der Waals surface area contributed by atoms with Crippen molar-refractivity contribution in [1.82, 2.24) is 0 Å². The van der Waals surface area contributed by atoms with Gasteiger partial charge in [0.05, 0.1) is 29.2 Å². The largest absolute Gasteiger partial charge is 0.463 e. The molecule has 162 valence electrons. The van der Waals surface area contributed by atoms with Crippen LogP contribution in [0.3, 0.4) is 0 Å². The van der Waals surface area contributed by atoms with Crippen molar-refractivity contribution < 1.29 is 40.6 Å². The third kappa shape index (κ3) is 4.40. The molecular weight excluding hydrogens is 486 g/mol. The van der Waals surface area contributed by atoms with E-state index in [0.29, 0.717) is 0 Å². The Morgan fingerprint density at radius 1 is 1.23 bits per heavy atom. The Morgan fingerprint density at radius 2 is 1.80 bits per heavy atom. The zero-order chi connectivity index (χ0) is 23.0. The Bertz CT molecular complexity index is 989. The lowest BCUT2D eigenvalue weighted by atomic mass is 9.80. The quantitative estimate of drug-likeness (QED) is 0.461. The second-order valence-corrected chi connectivity index (χ2v) is 6.88. The number of benzene rings is 1. The number of hydrogen-bond acceptors (Lipinski definition) is 5.